The summed E-state index contributed by atoms with van der Waals surface area (Å²) in [5.41, 5.74) is 8.98. The van der Waals surface area contributed by atoms with E-state index in [2.05, 4.69) is 150 Å². The van der Waals surface area contributed by atoms with Gasteiger partial charge in [-0.2, -0.15) is 0 Å². The standard InChI is InChI=1S/C51H30N4S2/c1-3-13-31(14-4-1)49-52-50(32-15-5-2-6-16-32)54-51(53-49)39-20-12-24-45-47(39)40-29-33(26-28-44(40)56-45)34-25-27-37-38-19-11-23-43(48(38)57-46(37)30-34)55-41-21-9-7-17-35(41)36-18-8-10-22-42(36)55/h1-30H. The maximum Gasteiger partial charge on any atom is 0.164 e. The van der Waals surface area contributed by atoms with E-state index in [0.717, 1.165) is 16.7 Å². The second kappa shape index (κ2) is 12.8. The third kappa shape index (κ3) is 5.15. The molecule has 4 aromatic heterocycles. The summed E-state index contributed by atoms with van der Waals surface area (Å²) in [5.74, 6) is 1.99. The minimum atomic E-state index is 0.662. The highest BCUT2D eigenvalue weighted by molar-refractivity contribution is 7.26. The molecule has 8 aromatic carbocycles. The molecule has 6 heteroatoms. The van der Waals surface area contributed by atoms with Crippen LogP contribution in [-0.4, -0.2) is 19.5 Å². The van der Waals surface area contributed by atoms with Crippen LogP contribution < -0.4 is 0 Å². The molecule has 57 heavy (non-hydrogen) atoms. The van der Waals surface area contributed by atoms with Gasteiger partial charge in [0.2, 0.25) is 0 Å². The maximum atomic E-state index is 5.11. The normalized spacial score (nSPS) is 11.9. The van der Waals surface area contributed by atoms with Gasteiger partial charge in [-0.1, -0.05) is 140 Å². The van der Waals surface area contributed by atoms with Gasteiger partial charge in [-0.25, -0.2) is 15.0 Å². The average molecular weight is 763 g/mol. The second-order valence-electron chi connectivity index (χ2n) is 14.4. The fraction of sp³-hybridized carbons (Fsp3) is 0. The molecule has 12 aromatic rings. The van der Waals surface area contributed by atoms with Crippen LogP contribution in [0.4, 0.5) is 0 Å². The van der Waals surface area contributed by atoms with E-state index in [4.69, 9.17) is 15.0 Å². The van der Waals surface area contributed by atoms with Gasteiger partial charge >= 0.3 is 0 Å². The Hall–Kier alpha value is -6.99. The smallest absolute Gasteiger partial charge is 0.164 e. The van der Waals surface area contributed by atoms with Crippen LogP contribution in [0.3, 0.4) is 0 Å². The van der Waals surface area contributed by atoms with Crippen LogP contribution in [0.1, 0.15) is 0 Å². The number of nitrogens with zero attached hydrogens (tertiary/aromatic N) is 4. The predicted molar refractivity (Wildman–Crippen MR) is 242 cm³/mol. The fourth-order valence-corrected chi connectivity index (χ4v) is 10.8. The molecule has 0 fully saturated rings. The summed E-state index contributed by atoms with van der Waals surface area (Å²) >= 11 is 3.69. The van der Waals surface area contributed by atoms with Crippen LogP contribution in [0, 0.1) is 0 Å². The number of rotatable bonds is 5. The molecule has 0 saturated carbocycles. The van der Waals surface area contributed by atoms with Crippen LogP contribution in [0.15, 0.2) is 182 Å². The topological polar surface area (TPSA) is 43.6 Å². The Morgan fingerprint density at radius 3 is 1.67 bits per heavy atom. The summed E-state index contributed by atoms with van der Waals surface area (Å²) in [6.07, 6.45) is 0. The molecule has 4 nitrogen and oxygen atoms in total. The number of thiophene rings is 2. The van der Waals surface area contributed by atoms with Crippen molar-refractivity contribution >= 4 is 84.8 Å². The molecule has 0 aliphatic rings. The number of hydrogen-bond acceptors (Lipinski definition) is 5. The van der Waals surface area contributed by atoms with Crippen molar-refractivity contribution in [2.45, 2.75) is 0 Å². The molecule has 0 aliphatic heterocycles. The van der Waals surface area contributed by atoms with E-state index in [0.29, 0.717) is 17.5 Å². The molecule has 0 N–H and O–H groups in total. The highest BCUT2D eigenvalue weighted by Gasteiger charge is 2.19. The third-order valence-electron chi connectivity index (χ3n) is 11.1. The molecule has 0 amide bonds. The zero-order chi connectivity index (χ0) is 37.5. The lowest BCUT2D eigenvalue weighted by Gasteiger charge is -2.10. The number of aromatic nitrogens is 4. The van der Waals surface area contributed by atoms with Gasteiger partial charge in [0, 0.05) is 63.1 Å². The summed E-state index contributed by atoms with van der Waals surface area (Å²) in [6, 6.07) is 64.9. The average Bonchev–Trinajstić information content (AvgIpc) is 3.96. The van der Waals surface area contributed by atoms with E-state index in [9.17, 15) is 0 Å². The van der Waals surface area contributed by atoms with E-state index in [-0.39, 0.29) is 0 Å². The van der Waals surface area contributed by atoms with Gasteiger partial charge in [-0.3, -0.25) is 0 Å². The van der Waals surface area contributed by atoms with Crippen molar-refractivity contribution in [2.75, 3.05) is 0 Å². The van der Waals surface area contributed by atoms with E-state index < -0.39 is 0 Å². The van der Waals surface area contributed by atoms with E-state index in [1.807, 2.05) is 59.1 Å². The molecule has 12 rings (SSSR count). The zero-order valence-corrected chi connectivity index (χ0v) is 32.1. The van der Waals surface area contributed by atoms with Gasteiger partial charge in [0.25, 0.3) is 0 Å². The van der Waals surface area contributed by atoms with E-state index >= 15 is 0 Å². The second-order valence-corrected chi connectivity index (χ2v) is 16.5. The number of fused-ring (bicyclic) bond motifs is 9. The van der Waals surface area contributed by atoms with E-state index in [1.165, 1.54) is 79.0 Å². The van der Waals surface area contributed by atoms with Gasteiger partial charge < -0.3 is 4.57 Å². The first-order valence-electron chi connectivity index (χ1n) is 19.0. The van der Waals surface area contributed by atoms with Gasteiger partial charge in [-0.05, 0) is 53.6 Å². The summed E-state index contributed by atoms with van der Waals surface area (Å²) in [5, 5.41) is 7.49. The van der Waals surface area contributed by atoms with Crippen LogP contribution >= 0.6 is 22.7 Å². The molecule has 0 bridgehead atoms. The molecular formula is C51H30N4S2. The minimum Gasteiger partial charge on any atom is -0.308 e. The van der Waals surface area contributed by atoms with Crippen molar-refractivity contribution in [1.82, 2.24) is 19.5 Å². The molecule has 0 unspecified atom stereocenters. The summed E-state index contributed by atoms with van der Waals surface area (Å²) in [7, 11) is 0. The minimum absolute atomic E-state index is 0.662. The first-order chi connectivity index (χ1) is 28.2. The number of hydrogen-bond donors (Lipinski definition) is 0. The summed E-state index contributed by atoms with van der Waals surface area (Å²) in [6.45, 7) is 0. The van der Waals surface area contributed by atoms with Crippen LogP contribution in [0.2, 0.25) is 0 Å². The van der Waals surface area contributed by atoms with Crippen molar-refractivity contribution in [3.63, 3.8) is 0 Å². The zero-order valence-electron chi connectivity index (χ0n) is 30.4. The molecule has 0 saturated heterocycles. The van der Waals surface area contributed by atoms with Crippen molar-refractivity contribution in [3.05, 3.63) is 182 Å². The van der Waals surface area contributed by atoms with Gasteiger partial charge in [0.15, 0.2) is 17.5 Å². The molecule has 0 aliphatic carbocycles. The Morgan fingerprint density at radius 1 is 0.351 bits per heavy atom. The predicted octanol–water partition coefficient (Wildman–Crippen LogP) is 14.4. The van der Waals surface area contributed by atoms with Crippen LogP contribution in [-0.2, 0) is 0 Å². The number of benzene rings is 8. The Kier molecular flexibility index (Phi) is 7.24. The van der Waals surface area contributed by atoms with Crippen molar-refractivity contribution < 1.29 is 0 Å². The summed E-state index contributed by atoms with van der Waals surface area (Å²) < 4.78 is 7.45. The Balaban J connectivity index is 1.01. The molecule has 0 atom stereocenters. The summed E-state index contributed by atoms with van der Waals surface area (Å²) in [4.78, 5) is 15.2. The number of para-hydroxylation sites is 2. The first kappa shape index (κ1) is 32.3. The van der Waals surface area contributed by atoms with Crippen molar-refractivity contribution in [1.29, 1.82) is 0 Å². The van der Waals surface area contributed by atoms with Crippen molar-refractivity contribution in [2.24, 2.45) is 0 Å². The molecular weight excluding hydrogens is 733 g/mol. The molecule has 0 spiro atoms. The highest BCUT2D eigenvalue weighted by Crippen LogP contribution is 2.44. The lowest BCUT2D eigenvalue weighted by Crippen LogP contribution is -2.00. The quantitative estimate of drug-likeness (QED) is 0.175. The lowest BCUT2D eigenvalue weighted by molar-refractivity contribution is 1.08. The van der Waals surface area contributed by atoms with Crippen LogP contribution in [0.25, 0.3) is 113 Å². The maximum absolute atomic E-state index is 5.11. The van der Waals surface area contributed by atoms with Gasteiger partial charge in [0.1, 0.15) is 0 Å². The van der Waals surface area contributed by atoms with Gasteiger partial charge in [-0.15, -0.1) is 22.7 Å². The third-order valence-corrected chi connectivity index (χ3v) is 13.4. The Labute approximate surface area is 335 Å². The fourth-order valence-electron chi connectivity index (χ4n) is 8.44. The molecule has 4 heterocycles. The Morgan fingerprint density at radius 2 is 0.947 bits per heavy atom. The van der Waals surface area contributed by atoms with Crippen LogP contribution in [0.5, 0.6) is 0 Å². The van der Waals surface area contributed by atoms with E-state index in [1.54, 1.807) is 0 Å². The molecule has 0 radical (unpaired) electrons. The Bertz CT molecular complexity index is 3410. The monoisotopic (exact) mass is 762 g/mol. The SMILES string of the molecule is c1ccc(-c2nc(-c3ccccc3)nc(-c3cccc4sc5ccc(-c6ccc7c(c6)sc6c(-n8c9ccccc9c9ccccc98)cccc67)cc5c34)n2)cc1. The highest BCUT2D eigenvalue weighted by atomic mass is 32.1. The lowest BCUT2D eigenvalue weighted by atomic mass is 9.99. The van der Waals surface area contributed by atoms with Gasteiger partial charge in [0.05, 0.1) is 21.4 Å². The molecule has 266 valence electrons. The largest absolute Gasteiger partial charge is 0.308 e. The first-order valence-corrected chi connectivity index (χ1v) is 20.7. The van der Waals surface area contributed by atoms with Crippen molar-refractivity contribution in [3.8, 4) is 51.0 Å².